The van der Waals surface area contributed by atoms with Gasteiger partial charge in [0.05, 0.1) is 33.6 Å². The number of anilines is 2. The highest BCUT2D eigenvalue weighted by Gasteiger charge is 2.39. The van der Waals surface area contributed by atoms with Crippen molar-refractivity contribution in [1.82, 2.24) is 0 Å². The van der Waals surface area contributed by atoms with Gasteiger partial charge in [0.15, 0.2) is 5.78 Å². The number of ketones is 1. The molecular formula is C33H24N2O5. The summed E-state index contributed by atoms with van der Waals surface area (Å²) in [6.45, 7) is 3.98. The lowest BCUT2D eigenvalue weighted by Crippen LogP contribution is -2.29. The second-order valence-corrected chi connectivity index (χ2v) is 9.79. The first-order chi connectivity index (χ1) is 19.3. The van der Waals surface area contributed by atoms with E-state index in [-0.39, 0.29) is 33.4 Å². The van der Waals surface area contributed by atoms with Gasteiger partial charge in [-0.1, -0.05) is 50.2 Å². The van der Waals surface area contributed by atoms with E-state index in [0.717, 1.165) is 33.8 Å². The van der Waals surface area contributed by atoms with Crippen LogP contribution in [0.25, 0.3) is 0 Å². The number of nitrogens with zero attached hydrogens (tertiary/aromatic N) is 2. The van der Waals surface area contributed by atoms with Crippen LogP contribution in [0.2, 0.25) is 0 Å². The molecule has 4 aromatic rings. The van der Waals surface area contributed by atoms with Gasteiger partial charge in [0.2, 0.25) is 0 Å². The molecule has 40 heavy (non-hydrogen) atoms. The third-order valence-corrected chi connectivity index (χ3v) is 7.45. The maximum absolute atomic E-state index is 13.5. The summed E-state index contributed by atoms with van der Waals surface area (Å²) >= 11 is 0. The van der Waals surface area contributed by atoms with Crippen LogP contribution < -0.4 is 9.80 Å². The summed E-state index contributed by atoms with van der Waals surface area (Å²) in [5.41, 5.74) is 4.09. The zero-order chi connectivity index (χ0) is 28.1. The predicted molar refractivity (Wildman–Crippen MR) is 150 cm³/mol. The normalized spacial score (nSPS) is 14.2. The maximum Gasteiger partial charge on any atom is 0.266 e. The number of imide groups is 2. The largest absolute Gasteiger partial charge is 0.289 e. The van der Waals surface area contributed by atoms with Crippen LogP contribution in [0.3, 0.4) is 0 Å². The third-order valence-electron chi connectivity index (χ3n) is 7.45. The van der Waals surface area contributed by atoms with Crippen molar-refractivity contribution in [3.63, 3.8) is 0 Å². The average molecular weight is 529 g/mol. The summed E-state index contributed by atoms with van der Waals surface area (Å²) in [7, 11) is 0. The molecule has 4 amide bonds. The van der Waals surface area contributed by atoms with E-state index >= 15 is 0 Å². The first-order valence-corrected chi connectivity index (χ1v) is 13.1. The molecule has 7 nitrogen and oxygen atoms in total. The van der Waals surface area contributed by atoms with Crippen molar-refractivity contribution < 1.29 is 24.0 Å². The molecule has 0 fully saturated rings. The number of hydrogen-bond acceptors (Lipinski definition) is 5. The van der Waals surface area contributed by atoms with Crippen LogP contribution in [0.15, 0.2) is 84.9 Å². The molecule has 0 saturated heterocycles. The fraction of sp³-hybridized carbons (Fsp3) is 0.121. The predicted octanol–water partition coefficient (Wildman–Crippen LogP) is 5.64. The molecule has 2 heterocycles. The van der Waals surface area contributed by atoms with Crippen LogP contribution in [-0.2, 0) is 12.8 Å². The summed E-state index contributed by atoms with van der Waals surface area (Å²) in [6, 6.07) is 23.3. The molecule has 2 aliphatic heterocycles. The molecule has 6 rings (SSSR count). The highest BCUT2D eigenvalue weighted by molar-refractivity contribution is 6.36. The van der Waals surface area contributed by atoms with Gasteiger partial charge in [0.1, 0.15) is 0 Å². The second kappa shape index (κ2) is 9.54. The molecule has 4 aromatic carbocycles. The Bertz CT molecular complexity index is 1660. The zero-order valence-corrected chi connectivity index (χ0v) is 21.9. The average Bonchev–Trinajstić information content (AvgIpc) is 3.39. The molecule has 0 aromatic heterocycles. The number of amides is 4. The minimum atomic E-state index is -0.498. The van der Waals surface area contributed by atoms with Crippen LogP contribution in [-0.4, -0.2) is 29.4 Å². The fourth-order valence-electron chi connectivity index (χ4n) is 5.23. The molecule has 0 bridgehead atoms. The Kier molecular flexibility index (Phi) is 5.99. The molecule has 0 atom stereocenters. The molecular weight excluding hydrogens is 504 g/mol. The van der Waals surface area contributed by atoms with Crippen LogP contribution in [0.1, 0.15) is 82.3 Å². The Morgan fingerprint density at radius 2 is 0.925 bits per heavy atom. The van der Waals surface area contributed by atoms with Crippen molar-refractivity contribution in [1.29, 1.82) is 0 Å². The number of hydrogen-bond donors (Lipinski definition) is 0. The number of fused-ring (bicyclic) bond motifs is 2. The van der Waals surface area contributed by atoms with Crippen molar-refractivity contribution in [2.45, 2.75) is 26.7 Å². The lowest BCUT2D eigenvalue weighted by Gasteiger charge is -2.14. The highest BCUT2D eigenvalue weighted by Crippen LogP contribution is 2.32. The minimum Gasteiger partial charge on any atom is -0.289 e. The summed E-state index contributed by atoms with van der Waals surface area (Å²) in [5, 5.41) is 0. The Hall–Kier alpha value is -5.17. The number of benzene rings is 4. The van der Waals surface area contributed by atoms with E-state index in [1.807, 2.05) is 26.0 Å². The first kappa shape index (κ1) is 25.1. The van der Waals surface area contributed by atoms with E-state index in [1.165, 1.54) is 36.4 Å². The van der Waals surface area contributed by atoms with E-state index in [0.29, 0.717) is 11.4 Å². The molecule has 0 N–H and O–H groups in total. The fourth-order valence-corrected chi connectivity index (χ4v) is 5.23. The number of aryl methyl sites for hydroxylation is 2. The number of carbonyl (C=O) groups excluding carboxylic acids is 5. The lowest BCUT2D eigenvalue weighted by atomic mass is 9.96. The van der Waals surface area contributed by atoms with Crippen LogP contribution in [0, 0.1) is 0 Å². The minimum absolute atomic E-state index is 0.146. The maximum atomic E-state index is 13.5. The van der Waals surface area contributed by atoms with Crippen LogP contribution >= 0.6 is 0 Å². The van der Waals surface area contributed by atoms with Gasteiger partial charge < -0.3 is 0 Å². The van der Waals surface area contributed by atoms with Gasteiger partial charge in [-0.15, -0.1) is 0 Å². The Morgan fingerprint density at radius 1 is 0.525 bits per heavy atom. The van der Waals surface area contributed by atoms with Gasteiger partial charge >= 0.3 is 0 Å². The van der Waals surface area contributed by atoms with E-state index in [1.54, 1.807) is 36.4 Å². The topological polar surface area (TPSA) is 91.8 Å². The monoisotopic (exact) mass is 528 g/mol. The van der Waals surface area contributed by atoms with Crippen LogP contribution in [0.4, 0.5) is 11.4 Å². The van der Waals surface area contributed by atoms with Gasteiger partial charge in [0.25, 0.3) is 23.6 Å². The second-order valence-electron chi connectivity index (χ2n) is 9.79. The SMILES string of the molecule is CCc1cccc(N2C(=O)c3ccc(C(=O)c4ccc5c(c4)C(=O)N(c4cccc(CC)c4)C5=O)cc3C2=O)c1. The quantitative estimate of drug-likeness (QED) is 0.238. The molecule has 0 saturated carbocycles. The van der Waals surface area contributed by atoms with Crippen molar-refractivity contribution in [3.8, 4) is 0 Å². The van der Waals surface area contributed by atoms with Crippen molar-refractivity contribution >= 4 is 40.8 Å². The summed E-state index contributed by atoms with van der Waals surface area (Å²) in [5.74, 6) is -2.31. The van der Waals surface area contributed by atoms with Gasteiger partial charge in [0, 0.05) is 11.1 Å². The smallest absolute Gasteiger partial charge is 0.266 e. The number of carbonyl (C=O) groups is 5. The molecule has 0 aliphatic carbocycles. The Balaban J connectivity index is 1.31. The van der Waals surface area contributed by atoms with E-state index < -0.39 is 29.4 Å². The van der Waals surface area contributed by atoms with Gasteiger partial charge in [-0.3, -0.25) is 24.0 Å². The molecule has 0 unspecified atom stereocenters. The van der Waals surface area contributed by atoms with Gasteiger partial charge in [-0.2, -0.15) is 0 Å². The van der Waals surface area contributed by atoms with Gasteiger partial charge in [-0.25, -0.2) is 9.80 Å². The van der Waals surface area contributed by atoms with Gasteiger partial charge in [-0.05, 0) is 72.5 Å². The van der Waals surface area contributed by atoms with E-state index in [2.05, 4.69) is 0 Å². The van der Waals surface area contributed by atoms with Crippen LogP contribution in [0.5, 0.6) is 0 Å². The molecule has 2 aliphatic rings. The molecule has 7 heteroatoms. The summed E-state index contributed by atoms with van der Waals surface area (Å²) in [6.07, 6.45) is 1.51. The highest BCUT2D eigenvalue weighted by atomic mass is 16.2. The Morgan fingerprint density at radius 3 is 1.32 bits per heavy atom. The molecule has 196 valence electrons. The summed E-state index contributed by atoms with van der Waals surface area (Å²) < 4.78 is 0. The van der Waals surface area contributed by atoms with Crippen molar-refractivity contribution in [2.24, 2.45) is 0 Å². The van der Waals surface area contributed by atoms with Crippen molar-refractivity contribution in [2.75, 3.05) is 9.80 Å². The van der Waals surface area contributed by atoms with Crippen molar-refractivity contribution in [3.05, 3.63) is 129 Å². The summed E-state index contributed by atoms with van der Waals surface area (Å²) in [4.78, 5) is 68.4. The number of rotatable bonds is 6. The lowest BCUT2D eigenvalue weighted by molar-refractivity contribution is 0.0910. The zero-order valence-electron chi connectivity index (χ0n) is 21.9. The molecule has 0 radical (unpaired) electrons. The molecule has 0 spiro atoms. The van der Waals surface area contributed by atoms with E-state index in [9.17, 15) is 24.0 Å². The third kappa shape index (κ3) is 3.86. The standard InChI is InChI=1S/C33H24N2O5/c1-3-19-7-5-9-23(15-19)34-30(37)25-13-11-21(17-27(25)32(34)39)29(36)22-12-14-26-28(18-22)33(40)35(31(26)38)24-10-6-8-20(4-2)16-24/h5-18H,3-4H2,1-2H3. The van der Waals surface area contributed by atoms with E-state index in [4.69, 9.17) is 0 Å². The first-order valence-electron chi connectivity index (χ1n) is 13.1. The Labute approximate surface area is 230 Å².